The van der Waals surface area contributed by atoms with Crippen molar-refractivity contribution in [2.24, 2.45) is 0 Å². The first-order valence-corrected chi connectivity index (χ1v) is 6.36. The van der Waals surface area contributed by atoms with Gasteiger partial charge in [0.05, 0.1) is 12.1 Å². The highest BCUT2D eigenvalue weighted by molar-refractivity contribution is 5.90. The predicted molar refractivity (Wildman–Crippen MR) is 76.9 cm³/mol. The highest BCUT2D eigenvalue weighted by atomic mass is 16.3. The van der Waals surface area contributed by atoms with E-state index in [2.05, 4.69) is 16.6 Å². The molecule has 0 spiro atoms. The summed E-state index contributed by atoms with van der Waals surface area (Å²) in [6.07, 6.45) is 6.63. The number of aliphatic hydroxyl groups is 1. The van der Waals surface area contributed by atoms with Crippen molar-refractivity contribution in [2.45, 2.75) is 32.2 Å². The zero-order valence-corrected chi connectivity index (χ0v) is 11.4. The average molecular weight is 260 g/mol. The zero-order valence-electron chi connectivity index (χ0n) is 11.4. The number of carbonyl (C=O) groups is 1. The molecule has 0 saturated carbocycles. The Balaban J connectivity index is 2.72. The van der Waals surface area contributed by atoms with Crippen LogP contribution in [-0.4, -0.2) is 23.3 Å². The van der Waals surface area contributed by atoms with Crippen molar-refractivity contribution in [1.82, 2.24) is 5.32 Å². The average Bonchev–Trinajstić information content (AvgIpc) is 2.45. The molecule has 0 aliphatic carbocycles. The molecule has 0 atom stereocenters. The molecule has 3 N–H and O–H groups in total. The van der Waals surface area contributed by atoms with Gasteiger partial charge in [0.15, 0.2) is 0 Å². The van der Waals surface area contributed by atoms with Crippen LogP contribution in [0, 0.1) is 12.3 Å². The lowest BCUT2D eigenvalue weighted by Crippen LogP contribution is -2.52. The lowest BCUT2D eigenvalue weighted by Gasteiger charge is -2.30. The molecule has 2 amide bonds. The summed E-state index contributed by atoms with van der Waals surface area (Å²) in [6.45, 7) is 3.77. The maximum Gasteiger partial charge on any atom is 0.319 e. The van der Waals surface area contributed by atoms with Crippen molar-refractivity contribution in [3.8, 4) is 12.3 Å². The third kappa shape index (κ3) is 4.01. The van der Waals surface area contributed by atoms with Crippen molar-refractivity contribution >= 4 is 11.7 Å². The number of urea groups is 1. The van der Waals surface area contributed by atoms with E-state index in [4.69, 9.17) is 6.42 Å². The van der Waals surface area contributed by atoms with Gasteiger partial charge in [0, 0.05) is 11.3 Å². The van der Waals surface area contributed by atoms with Crippen molar-refractivity contribution < 1.29 is 9.90 Å². The molecule has 1 aromatic rings. The van der Waals surface area contributed by atoms with E-state index in [0.29, 0.717) is 24.1 Å². The van der Waals surface area contributed by atoms with Crippen molar-refractivity contribution in [1.29, 1.82) is 0 Å². The number of benzene rings is 1. The monoisotopic (exact) mass is 260 g/mol. The van der Waals surface area contributed by atoms with E-state index in [9.17, 15) is 9.90 Å². The van der Waals surface area contributed by atoms with E-state index >= 15 is 0 Å². The highest BCUT2D eigenvalue weighted by Crippen LogP contribution is 2.15. The minimum absolute atomic E-state index is 0.0855. The summed E-state index contributed by atoms with van der Waals surface area (Å²) in [7, 11) is 0. The minimum Gasteiger partial charge on any atom is -0.394 e. The first-order valence-electron chi connectivity index (χ1n) is 6.36. The summed E-state index contributed by atoms with van der Waals surface area (Å²) < 4.78 is 0. The molecule has 19 heavy (non-hydrogen) atoms. The Morgan fingerprint density at radius 1 is 1.42 bits per heavy atom. The van der Waals surface area contributed by atoms with Crippen molar-refractivity contribution in [3.05, 3.63) is 29.8 Å². The number of aliphatic hydroxyl groups excluding tert-OH is 1. The molecule has 4 heteroatoms. The third-order valence-corrected chi connectivity index (χ3v) is 3.32. The molecule has 0 aliphatic rings. The van der Waals surface area contributed by atoms with Gasteiger partial charge in [-0.25, -0.2) is 4.79 Å². The molecular weight excluding hydrogens is 240 g/mol. The summed E-state index contributed by atoms with van der Waals surface area (Å²) in [5, 5.41) is 14.9. The number of hydrogen-bond acceptors (Lipinski definition) is 2. The van der Waals surface area contributed by atoms with Gasteiger partial charge in [-0.05, 0) is 31.0 Å². The van der Waals surface area contributed by atoms with E-state index in [1.54, 1.807) is 24.3 Å². The van der Waals surface area contributed by atoms with Gasteiger partial charge in [0.2, 0.25) is 0 Å². The highest BCUT2D eigenvalue weighted by Gasteiger charge is 2.27. The largest absolute Gasteiger partial charge is 0.394 e. The van der Waals surface area contributed by atoms with Crippen LogP contribution >= 0.6 is 0 Å². The van der Waals surface area contributed by atoms with E-state index in [-0.39, 0.29) is 12.6 Å². The van der Waals surface area contributed by atoms with Crippen LogP contribution in [-0.2, 0) is 0 Å². The van der Waals surface area contributed by atoms with E-state index in [1.165, 1.54) is 0 Å². The van der Waals surface area contributed by atoms with Gasteiger partial charge in [-0.2, -0.15) is 0 Å². The standard InChI is InChI=1S/C15H20N2O2/c1-4-12-8-7-9-13(10-12)16-14(19)17-15(5-2,6-3)11-18/h1,7-10,18H,5-6,11H2,2-3H3,(H2,16,17,19). The molecule has 4 nitrogen and oxygen atoms in total. The second-order valence-electron chi connectivity index (χ2n) is 4.45. The van der Waals surface area contributed by atoms with E-state index in [1.807, 2.05) is 13.8 Å². The van der Waals surface area contributed by atoms with Crippen LogP contribution in [0.3, 0.4) is 0 Å². The summed E-state index contributed by atoms with van der Waals surface area (Å²) in [4.78, 5) is 11.9. The lowest BCUT2D eigenvalue weighted by atomic mass is 9.94. The normalized spacial score (nSPS) is 10.6. The van der Waals surface area contributed by atoms with Gasteiger partial charge >= 0.3 is 6.03 Å². The van der Waals surface area contributed by atoms with E-state index in [0.717, 1.165) is 0 Å². The van der Waals surface area contributed by atoms with Crippen LogP contribution < -0.4 is 10.6 Å². The van der Waals surface area contributed by atoms with Crippen LogP contribution in [0.2, 0.25) is 0 Å². The summed E-state index contributed by atoms with van der Waals surface area (Å²) in [5.41, 5.74) is 0.762. The third-order valence-electron chi connectivity index (χ3n) is 3.32. The van der Waals surface area contributed by atoms with Gasteiger partial charge in [-0.1, -0.05) is 25.8 Å². The van der Waals surface area contributed by atoms with Crippen LogP contribution in [0.1, 0.15) is 32.3 Å². The Morgan fingerprint density at radius 3 is 2.63 bits per heavy atom. The smallest absolute Gasteiger partial charge is 0.319 e. The quantitative estimate of drug-likeness (QED) is 0.712. The number of amides is 2. The van der Waals surface area contributed by atoms with Crippen LogP contribution in [0.15, 0.2) is 24.3 Å². The van der Waals surface area contributed by atoms with Crippen LogP contribution in [0.4, 0.5) is 10.5 Å². The first kappa shape index (κ1) is 15.1. The fourth-order valence-corrected chi connectivity index (χ4v) is 1.78. The Kier molecular flexibility index (Phi) is 5.40. The molecule has 1 aromatic carbocycles. The van der Waals surface area contributed by atoms with Gasteiger partial charge in [0.25, 0.3) is 0 Å². The maximum absolute atomic E-state index is 11.9. The molecule has 0 aliphatic heterocycles. The zero-order chi connectivity index (χ0) is 14.3. The number of carbonyl (C=O) groups excluding carboxylic acids is 1. The maximum atomic E-state index is 11.9. The number of terminal acetylenes is 1. The van der Waals surface area contributed by atoms with Crippen LogP contribution in [0.25, 0.3) is 0 Å². The van der Waals surface area contributed by atoms with Gasteiger partial charge in [0.1, 0.15) is 0 Å². The minimum atomic E-state index is -0.576. The topological polar surface area (TPSA) is 61.4 Å². The van der Waals surface area contributed by atoms with Crippen LogP contribution in [0.5, 0.6) is 0 Å². The summed E-state index contributed by atoms with van der Waals surface area (Å²) >= 11 is 0. The molecule has 1 rings (SSSR count). The Bertz CT molecular complexity index is 465. The SMILES string of the molecule is C#Cc1cccc(NC(=O)NC(CC)(CC)CO)c1. The predicted octanol–water partition coefficient (Wildman–Crippen LogP) is 2.34. The second-order valence-corrected chi connectivity index (χ2v) is 4.45. The molecule has 0 bridgehead atoms. The van der Waals surface area contributed by atoms with Gasteiger partial charge in [-0.3, -0.25) is 0 Å². The van der Waals surface area contributed by atoms with Gasteiger partial charge in [-0.15, -0.1) is 6.42 Å². The Morgan fingerprint density at radius 2 is 2.11 bits per heavy atom. The number of hydrogen-bond donors (Lipinski definition) is 3. The Labute approximate surface area is 114 Å². The van der Waals surface area contributed by atoms with Crippen molar-refractivity contribution in [2.75, 3.05) is 11.9 Å². The molecule has 0 aromatic heterocycles. The Hall–Kier alpha value is -1.99. The lowest BCUT2D eigenvalue weighted by molar-refractivity contribution is 0.155. The molecule has 0 heterocycles. The molecule has 102 valence electrons. The molecular formula is C15H20N2O2. The number of rotatable bonds is 5. The molecule has 0 radical (unpaired) electrons. The van der Waals surface area contributed by atoms with E-state index < -0.39 is 5.54 Å². The van der Waals surface area contributed by atoms with Gasteiger partial charge < -0.3 is 15.7 Å². The molecule has 0 unspecified atom stereocenters. The molecule has 0 saturated heterocycles. The summed E-state index contributed by atoms with van der Waals surface area (Å²) in [5.74, 6) is 2.51. The number of nitrogens with one attached hydrogen (secondary N) is 2. The summed E-state index contributed by atoms with van der Waals surface area (Å²) in [6, 6.07) is 6.71. The van der Waals surface area contributed by atoms with Crippen molar-refractivity contribution in [3.63, 3.8) is 0 Å². The number of anilines is 1. The first-order chi connectivity index (χ1) is 9.09. The second kappa shape index (κ2) is 6.81. The fourth-order valence-electron chi connectivity index (χ4n) is 1.78. The molecule has 0 fully saturated rings. The fraction of sp³-hybridized carbons (Fsp3) is 0.400.